The molecule has 0 bridgehead atoms. The zero-order valence-electron chi connectivity index (χ0n) is 9.91. The average Bonchev–Trinajstić information content (AvgIpc) is 2.47. The maximum absolute atomic E-state index is 11.5. The Labute approximate surface area is 95.0 Å². The predicted molar refractivity (Wildman–Crippen MR) is 58.7 cm³/mol. The highest BCUT2D eigenvalue weighted by Crippen LogP contribution is 2.38. The van der Waals surface area contributed by atoms with Crippen molar-refractivity contribution in [2.75, 3.05) is 14.1 Å². The van der Waals surface area contributed by atoms with E-state index in [4.69, 9.17) is 5.11 Å². The van der Waals surface area contributed by atoms with Crippen LogP contribution in [0.4, 0.5) is 4.79 Å². The van der Waals surface area contributed by atoms with Crippen LogP contribution in [0.15, 0.2) is 0 Å². The number of carbonyl (C=O) groups is 2. The van der Waals surface area contributed by atoms with Crippen LogP contribution in [0.25, 0.3) is 0 Å². The van der Waals surface area contributed by atoms with Crippen molar-refractivity contribution in [1.82, 2.24) is 15.8 Å². The van der Waals surface area contributed by atoms with Gasteiger partial charge in [0.15, 0.2) is 0 Å². The summed E-state index contributed by atoms with van der Waals surface area (Å²) in [6, 6.07) is -0.658. The van der Waals surface area contributed by atoms with Crippen molar-refractivity contribution in [3.05, 3.63) is 0 Å². The lowest BCUT2D eigenvalue weighted by Crippen LogP contribution is -2.52. The molecule has 1 aliphatic carbocycles. The van der Waals surface area contributed by atoms with Gasteiger partial charge in [-0.2, -0.15) is 0 Å². The van der Waals surface area contributed by atoms with E-state index in [1.807, 2.05) is 0 Å². The highest BCUT2D eigenvalue weighted by atomic mass is 16.4. The van der Waals surface area contributed by atoms with Crippen LogP contribution < -0.4 is 10.7 Å². The Morgan fingerprint density at radius 3 is 2.56 bits per heavy atom. The molecule has 16 heavy (non-hydrogen) atoms. The summed E-state index contributed by atoms with van der Waals surface area (Å²) < 4.78 is 0. The van der Waals surface area contributed by atoms with Crippen molar-refractivity contribution in [3.8, 4) is 0 Å². The molecule has 2 atom stereocenters. The molecular weight excluding hydrogens is 210 g/mol. The van der Waals surface area contributed by atoms with Crippen LogP contribution >= 0.6 is 0 Å². The molecule has 2 amide bonds. The number of carboxylic acids is 1. The number of hydrazine groups is 1. The second-order valence-corrected chi connectivity index (χ2v) is 4.65. The molecule has 0 heterocycles. The highest BCUT2D eigenvalue weighted by molar-refractivity contribution is 5.79. The minimum absolute atomic E-state index is 0.301. The Kier molecular flexibility index (Phi) is 3.74. The number of hydrogen-bond acceptors (Lipinski definition) is 3. The van der Waals surface area contributed by atoms with Gasteiger partial charge in [0.2, 0.25) is 0 Å². The lowest BCUT2D eigenvalue weighted by Gasteiger charge is -2.28. The summed E-state index contributed by atoms with van der Waals surface area (Å²) in [7, 11) is 3.40. The number of hydrogen-bond donors (Lipinski definition) is 3. The lowest BCUT2D eigenvalue weighted by molar-refractivity contribution is -0.148. The molecule has 92 valence electrons. The van der Waals surface area contributed by atoms with Crippen LogP contribution in [0.5, 0.6) is 0 Å². The second-order valence-electron chi connectivity index (χ2n) is 4.65. The van der Waals surface area contributed by atoms with E-state index >= 15 is 0 Å². The molecular formula is C10H19N3O3. The van der Waals surface area contributed by atoms with E-state index in [0.717, 1.165) is 6.42 Å². The number of nitrogens with zero attached hydrogens (tertiary/aromatic N) is 1. The molecule has 1 fully saturated rings. The number of nitrogens with one attached hydrogen (secondary N) is 2. The van der Waals surface area contributed by atoms with Crippen LogP contribution in [0.3, 0.4) is 0 Å². The number of carbonyl (C=O) groups excluding carboxylic acids is 1. The summed E-state index contributed by atoms with van der Waals surface area (Å²) in [4.78, 5) is 22.6. The SMILES string of the molecule is CN(C)NC(=O)NC1CCCC1(C)C(=O)O. The summed E-state index contributed by atoms with van der Waals surface area (Å²) in [6.45, 7) is 1.68. The fraction of sp³-hybridized carbons (Fsp3) is 0.800. The van der Waals surface area contributed by atoms with Crippen molar-refractivity contribution < 1.29 is 14.7 Å². The first kappa shape index (κ1) is 12.8. The van der Waals surface area contributed by atoms with Crippen LogP contribution in [-0.4, -0.2) is 42.3 Å². The van der Waals surface area contributed by atoms with E-state index in [1.165, 1.54) is 5.01 Å². The van der Waals surface area contributed by atoms with Crippen molar-refractivity contribution >= 4 is 12.0 Å². The first-order valence-electron chi connectivity index (χ1n) is 5.34. The van der Waals surface area contributed by atoms with Crippen LogP contribution in [0.1, 0.15) is 26.2 Å². The predicted octanol–water partition coefficient (Wildman–Crippen LogP) is 0.406. The molecule has 6 nitrogen and oxygen atoms in total. The Morgan fingerprint density at radius 2 is 2.06 bits per heavy atom. The Morgan fingerprint density at radius 1 is 1.44 bits per heavy atom. The van der Waals surface area contributed by atoms with Crippen LogP contribution in [0, 0.1) is 5.41 Å². The van der Waals surface area contributed by atoms with E-state index in [9.17, 15) is 9.59 Å². The third kappa shape index (κ3) is 2.63. The second kappa shape index (κ2) is 4.69. The molecule has 0 aromatic rings. The summed E-state index contributed by atoms with van der Waals surface area (Å²) in [6.07, 6.45) is 2.15. The summed E-state index contributed by atoms with van der Waals surface area (Å²) in [5, 5.41) is 13.4. The smallest absolute Gasteiger partial charge is 0.329 e. The fourth-order valence-electron chi connectivity index (χ4n) is 2.05. The Balaban J connectivity index is 2.60. The number of amides is 2. The quantitative estimate of drug-likeness (QED) is 0.612. The van der Waals surface area contributed by atoms with Crippen molar-refractivity contribution in [1.29, 1.82) is 0 Å². The largest absolute Gasteiger partial charge is 0.481 e. The maximum Gasteiger partial charge on any atom is 0.329 e. The molecule has 0 aliphatic heterocycles. The summed E-state index contributed by atoms with van der Waals surface area (Å²) >= 11 is 0. The summed E-state index contributed by atoms with van der Waals surface area (Å²) in [5.74, 6) is -0.847. The zero-order valence-corrected chi connectivity index (χ0v) is 9.91. The molecule has 2 unspecified atom stereocenters. The third-order valence-corrected chi connectivity index (χ3v) is 3.08. The molecule has 1 rings (SSSR count). The van der Waals surface area contributed by atoms with Gasteiger partial charge in [-0.15, -0.1) is 0 Å². The molecule has 1 saturated carbocycles. The molecule has 0 aromatic carbocycles. The van der Waals surface area contributed by atoms with E-state index in [0.29, 0.717) is 12.8 Å². The monoisotopic (exact) mass is 229 g/mol. The fourth-order valence-corrected chi connectivity index (χ4v) is 2.05. The van der Waals surface area contributed by atoms with E-state index in [2.05, 4.69) is 10.7 Å². The number of rotatable bonds is 3. The highest BCUT2D eigenvalue weighted by Gasteiger charge is 2.45. The molecule has 0 spiro atoms. The van der Waals surface area contributed by atoms with Crippen molar-refractivity contribution in [2.24, 2.45) is 5.41 Å². The van der Waals surface area contributed by atoms with Crippen molar-refractivity contribution in [2.45, 2.75) is 32.2 Å². The molecule has 1 aliphatic rings. The maximum atomic E-state index is 11.5. The first-order valence-corrected chi connectivity index (χ1v) is 5.34. The van der Waals surface area contributed by atoms with Crippen LogP contribution in [0.2, 0.25) is 0 Å². The van der Waals surface area contributed by atoms with E-state index in [1.54, 1.807) is 21.0 Å². The molecule has 0 radical (unpaired) electrons. The van der Waals surface area contributed by atoms with Gasteiger partial charge in [-0.1, -0.05) is 6.42 Å². The van der Waals surface area contributed by atoms with Crippen LogP contribution in [-0.2, 0) is 4.79 Å². The summed E-state index contributed by atoms with van der Waals surface area (Å²) in [5.41, 5.74) is 1.69. The van der Waals surface area contributed by atoms with E-state index < -0.39 is 11.4 Å². The minimum atomic E-state index is -0.847. The lowest BCUT2D eigenvalue weighted by atomic mass is 9.85. The Hall–Kier alpha value is -1.30. The first-order chi connectivity index (χ1) is 7.36. The van der Waals surface area contributed by atoms with Gasteiger partial charge in [0, 0.05) is 20.1 Å². The number of aliphatic carboxylic acids is 1. The molecule has 0 aromatic heterocycles. The molecule has 6 heteroatoms. The van der Waals surface area contributed by atoms with Crippen molar-refractivity contribution in [3.63, 3.8) is 0 Å². The van der Waals surface area contributed by atoms with Gasteiger partial charge >= 0.3 is 12.0 Å². The normalized spacial score (nSPS) is 29.1. The van der Waals surface area contributed by atoms with Gasteiger partial charge in [0.25, 0.3) is 0 Å². The van der Waals surface area contributed by atoms with Gasteiger partial charge in [-0.05, 0) is 19.8 Å². The topological polar surface area (TPSA) is 81.7 Å². The van der Waals surface area contributed by atoms with Gasteiger partial charge in [0.1, 0.15) is 0 Å². The van der Waals surface area contributed by atoms with Gasteiger partial charge in [-0.25, -0.2) is 9.80 Å². The molecule has 0 saturated heterocycles. The van der Waals surface area contributed by atoms with Gasteiger partial charge in [-0.3, -0.25) is 10.2 Å². The average molecular weight is 229 g/mol. The minimum Gasteiger partial charge on any atom is -0.481 e. The van der Waals surface area contributed by atoms with Gasteiger partial charge < -0.3 is 10.4 Å². The number of urea groups is 1. The van der Waals surface area contributed by atoms with E-state index in [-0.39, 0.29) is 12.1 Å². The van der Waals surface area contributed by atoms with Gasteiger partial charge in [0.05, 0.1) is 5.41 Å². The third-order valence-electron chi connectivity index (χ3n) is 3.08. The molecule has 3 N–H and O–H groups in total. The number of carboxylic acid groups (broad SMARTS) is 1. The Bertz CT molecular complexity index is 293. The standard InChI is InChI=1S/C10H19N3O3/c1-10(8(14)15)6-4-5-7(10)11-9(16)12-13(2)3/h7H,4-6H2,1-3H3,(H,14,15)(H2,11,12,16). The zero-order chi connectivity index (χ0) is 12.3.